The van der Waals surface area contributed by atoms with Gasteiger partial charge in [-0.15, -0.1) is 11.3 Å². The van der Waals surface area contributed by atoms with Crippen LogP contribution in [0.1, 0.15) is 12.0 Å². The number of rotatable bonds is 4. The van der Waals surface area contributed by atoms with Crippen LogP contribution in [0, 0.1) is 6.92 Å². The zero-order valence-corrected chi connectivity index (χ0v) is 19.1. The SMILES string of the molecule is Cc1ccc2sc(S(=O)(=O)n3ccc4c(NC5CCNC5)nc5ccccc5c43)cc2c1. The van der Waals surface area contributed by atoms with Crippen molar-refractivity contribution in [2.45, 2.75) is 23.6 Å². The van der Waals surface area contributed by atoms with E-state index in [1.807, 2.05) is 55.5 Å². The van der Waals surface area contributed by atoms with Crippen LogP contribution in [-0.2, 0) is 10.0 Å². The van der Waals surface area contributed by atoms with E-state index in [4.69, 9.17) is 4.98 Å². The smallest absolute Gasteiger partial charge is 0.277 e. The lowest BCUT2D eigenvalue weighted by atomic mass is 10.1. The van der Waals surface area contributed by atoms with Gasteiger partial charge in [0.1, 0.15) is 10.0 Å². The summed E-state index contributed by atoms with van der Waals surface area (Å²) in [5.41, 5.74) is 2.55. The van der Waals surface area contributed by atoms with Crippen LogP contribution < -0.4 is 10.6 Å². The molecule has 0 saturated carbocycles. The molecule has 162 valence electrons. The Morgan fingerprint density at radius 1 is 1.12 bits per heavy atom. The third-order valence-corrected chi connectivity index (χ3v) is 9.30. The Labute approximate surface area is 189 Å². The second-order valence-electron chi connectivity index (χ2n) is 8.30. The number of hydrogen-bond donors (Lipinski definition) is 2. The molecule has 1 fully saturated rings. The number of fused-ring (bicyclic) bond motifs is 4. The molecule has 0 radical (unpaired) electrons. The molecule has 1 atom stereocenters. The van der Waals surface area contributed by atoms with Crippen molar-refractivity contribution in [3.63, 3.8) is 0 Å². The third kappa shape index (κ3) is 3.09. The molecular formula is C24H22N4O2S2. The molecular weight excluding hydrogens is 440 g/mol. The number of nitrogens with zero attached hydrogens (tertiary/aromatic N) is 2. The van der Waals surface area contributed by atoms with Crippen LogP contribution in [0.4, 0.5) is 5.82 Å². The topological polar surface area (TPSA) is 76.0 Å². The number of thiophene rings is 1. The summed E-state index contributed by atoms with van der Waals surface area (Å²) in [7, 11) is -3.77. The monoisotopic (exact) mass is 462 g/mol. The number of para-hydroxylation sites is 1. The number of pyridine rings is 1. The van der Waals surface area contributed by atoms with E-state index < -0.39 is 10.0 Å². The predicted molar refractivity (Wildman–Crippen MR) is 131 cm³/mol. The summed E-state index contributed by atoms with van der Waals surface area (Å²) < 4.78 is 30.3. The minimum Gasteiger partial charge on any atom is -0.365 e. The molecule has 1 unspecified atom stereocenters. The molecule has 1 aliphatic rings. The standard InChI is InChI=1S/C24H22N4O2S2/c1-15-6-7-21-16(12-15)13-22(31-21)32(29,30)28-11-9-19-23(28)18-4-2-3-5-20(18)27-24(19)26-17-8-10-25-14-17/h2-7,9,11-13,17,25H,8,10,14H2,1H3,(H,26,27). The summed E-state index contributed by atoms with van der Waals surface area (Å²) in [6.45, 7) is 3.85. The molecule has 1 aliphatic heterocycles. The Kier molecular flexibility index (Phi) is 4.50. The lowest BCUT2D eigenvalue weighted by Crippen LogP contribution is -2.22. The zero-order chi connectivity index (χ0) is 21.9. The molecule has 0 spiro atoms. The Bertz CT molecular complexity index is 1590. The lowest BCUT2D eigenvalue weighted by Gasteiger charge is -2.15. The van der Waals surface area contributed by atoms with Gasteiger partial charge in [-0.2, -0.15) is 8.42 Å². The highest BCUT2D eigenvalue weighted by Crippen LogP contribution is 2.36. The van der Waals surface area contributed by atoms with Crippen LogP contribution in [0.25, 0.3) is 31.9 Å². The van der Waals surface area contributed by atoms with Gasteiger partial charge in [0.2, 0.25) is 0 Å². The molecule has 3 aromatic heterocycles. The van der Waals surface area contributed by atoms with Crippen molar-refractivity contribution in [1.29, 1.82) is 0 Å². The number of hydrogen-bond acceptors (Lipinski definition) is 6. The van der Waals surface area contributed by atoms with Crippen molar-refractivity contribution in [3.8, 4) is 0 Å². The second-order valence-corrected chi connectivity index (χ2v) is 11.4. The van der Waals surface area contributed by atoms with Crippen molar-refractivity contribution < 1.29 is 8.42 Å². The van der Waals surface area contributed by atoms with Crippen molar-refractivity contribution in [2.75, 3.05) is 18.4 Å². The van der Waals surface area contributed by atoms with Gasteiger partial charge in [-0.05, 0) is 49.5 Å². The fraction of sp³-hybridized carbons (Fsp3) is 0.208. The molecule has 0 bridgehead atoms. The van der Waals surface area contributed by atoms with Gasteiger partial charge in [0, 0.05) is 34.3 Å². The number of aromatic nitrogens is 2. The normalized spacial score (nSPS) is 17.0. The fourth-order valence-electron chi connectivity index (χ4n) is 4.47. The Morgan fingerprint density at radius 3 is 2.84 bits per heavy atom. The fourth-order valence-corrected chi connectivity index (χ4v) is 7.30. The maximum absolute atomic E-state index is 13.8. The maximum atomic E-state index is 13.8. The van der Waals surface area contributed by atoms with Gasteiger partial charge in [-0.1, -0.05) is 35.9 Å². The van der Waals surface area contributed by atoms with Gasteiger partial charge in [-0.25, -0.2) is 8.96 Å². The van der Waals surface area contributed by atoms with Crippen molar-refractivity contribution in [2.24, 2.45) is 0 Å². The summed E-state index contributed by atoms with van der Waals surface area (Å²) in [6.07, 6.45) is 2.66. The van der Waals surface area contributed by atoms with Crippen LogP contribution in [0.2, 0.25) is 0 Å². The number of aryl methyl sites for hydroxylation is 1. The maximum Gasteiger partial charge on any atom is 0.277 e. The first-order chi connectivity index (χ1) is 15.5. The van der Waals surface area contributed by atoms with Gasteiger partial charge in [0.05, 0.1) is 11.0 Å². The Morgan fingerprint density at radius 2 is 2.00 bits per heavy atom. The van der Waals surface area contributed by atoms with Gasteiger partial charge in [0.15, 0.2) is 0 Å². The Balaban J connectivity index is 1.57. The number of nitrogens with one attached hydrogen (secondary N) is 2. The first kappa shape index (κ1) is 19.7. The van der Waals surface area contributed by atoms with E-state index >= 15 is 0 Å². The highest BCUT2D eigenvalue weighted by molar-refractivity contribution is 7.92. The average molecular weight is 463 g/mol. The quantitative estimate of drug-likeness (QED) is 0.404. The van der Waals surface area contributed by atoms with Gasteiger partial charge < -0.3 is 10.6 Å². The van der Waals surface area contributed by atoms with Gasteiger partial charge in [0.25, 0.3) is 10.0 Å². The first-order valence-electron chi connectivity index (χ1n) is 10.6. The van der Waals surface area contributed by atoms with Gasteiger partial charge in [-0.3, -0.25) is 0 Å². The molecule has 6 rings (SSSR count). The van der Waals surface area contributed by atoms with E-state index in [0.717, 1.165) is 57.3 Å². The molecule has 32 heavy (non-hydrogen) atoms. The average Bonchev–Trinajstić information content (AvgIpc) is 3.53. The summed E-state index contributed by atoms with van der Waals surface area (Å²) in [5, 5.41) is 9.47. The molecule has 1 saturated heterocycles. The van der Waals surface area contributed by atoms with Crippen molar-refractivity contribution in [3.05, 3.63) is 66.4 Å². The first-order valence-corrected chi connectivity index (χ1v) is 12.9. The second kappa shape index (κ2) is 7.30. The zero-order valence-electron chi connectivity index (χ0n) is 17.5. The molecule has 8 heteroatoms. The van der Waals surface area contributed by atoms with E-state index in [1.165, 1.54) is 15.3 Å². The van der Waals surface area contributed by atoms with Crippen LogP contribution >= 0.6 is 11.3 Å². The number of benzene rings is 2. The van der Waals surface area contributed by atoms with E-state index in [1.54, 1.807) is 12.3 Å². The lowest BCUT2D eigenvalue weighted by molar-refractivity contribution is 0.591. The molecule has 0 amide bonds. The van der Waals surface area contributed by atoms with Gasteiger partial charge >= 0.3 is 0 Å². The highest BCUT2D eigenvalue weighted by atomic mass is 32.2. The van der Waals surface area contributed by atoms with E-state index in [2.05, 4.69) is 10.6 Å². The Hall–Kier alpha value is -2.94. The van der Waals surface area contributed by atoms with Crippen LogP contribution in [-0.4, -0.2) is 36.5 Å². The largest absolute Gasteiger partial charge is 0.365 e. The molecule has 0 aliphatic carbocycles. The molecule has 6 nitrogen and oxygen atoms in total. The van der Waals surface area contributed by atoms with E-state index in [9.17, 15) is 8.42 Å². The molecule has 4 heterocycles. The molecule has 5 aromatic rings. The highest BCUT2D eigenvalue weighted by Gasteiger charge is 2.25. The minimum absolute atomic E-state index is 0.276. The summed E-state index contributed by atoms with van der Waals surface area (Å²) >= 11 is 1.31. The minimum atomic E-state index is -3.77. The summed E-state index contributed by atoms with van der Waals surface area (Å²) in [4.78, 5) is 4.84. The van der Waals surface area contributed by atoms with Crippen LogP contribution in [0.3, 0.4) is 0 Å². The summed E-state index contributed by atoms with van der Waals surface area (Å²) in [6, 6.07) is 17.6. The molecule has 2 N–H and O–H groups in total. The van der Waals surface area contributed by atoms with Crippen LogP contribution in [0.15, 0.2) is 65.0 Å². The van der Waals surface area contributed by atoms with E-state index in [-0.39, 0.29) is 6.04 Å². The van der Waals surface area contributed by atoms with E-state index in [0.29, 0.717) is 9.73 Å². The predicted octanol–water partition coefficient (Wildman–Crippen LogP) is 4.72. The van der Waals surface area contributed by atoms with Crippen LogP contribution in [0.5, 0.6) is 0 Å². The van der Waals surface area contributed by atoms with Crippen molar-refractivity contribution in [1.82, 2.24) is 14.3 Å². The summed E-state index contributed by atoms with van der Waals surface area (Å²) in [5.74, 6) is 0.730. The molecule has 2 aromatic carbocycles. The van der Waals surface area contributed by atoms with Crippen molar-refractivity contribution >= 4 is 59.1 Å². The third-order valence-electron chi connectivity index (χ3n) is 6.06. The number of anilines is 1.